The summed E-state index contributed by atoms with van der Waals surface area (Å²) < 4.78 is 19.2. The van der Waals surface area contributed by atoms with Gasteiger partial charge in [-0.1, -0.05) is 12.1 Å². The van der Waals surface area contributed by atoms with Crippen LogP contribution in [-0.4, -0.2) is 16.8 Å². The van der Waals surface area contributed by atoms with E-state index in [0.717, 1.165) is 6.07 Å². The quantitative estimate of drug-likeness (QED) is 0.712. The maximum absolute atomic E-state index is 13.8. The summed E-state index contributed by atoms with van der Waals surface area (Å²) in [7, 11) is 0. The summed E-state index contributed by atoms with van der Waals surface area (Å²) in [5.74, 6) is -1.19. The first-order valence-electron chi connectivity index (χ1n) is 7.43. The number of aromatic nitrogens is 1. The predicted molar refractivity (Wildman–Crippen MR) is 92.4 cm³/mol. The van der Waals surface area contributed by atoms with Crippen LogP contribution < -0.4 is 10.6 Å². The molecule has 2 amide bonds. The molecule has 3 rings (SSSR count). The number of benzene rings is 2. The monoisotopic (exact) mass is 339 g/mol. The lowest BCUT2D eigenvalue weighted by Gasteiger charge is -2.07. The smallest absolute Gasteiger partial charge is 0.248 e. The van der Waals surface area contributed by atoms with Gasteiger partial charge in [-0.05, 0) is 30.3 Å². The molecule has 0 saturated carbocycles. The third kappa shape index (κ3) is 4.08. The normalized spacial score (nSPS) is 11.0. The van der Waals surface area contributed by atoms with E-state index in [0.29, 0.717) is 16.8 Å². The van der Waals surface area contributed by atoms with Gasteiger partial charge in [0.25, 0.3) is 0 Å². The second-order valence-electron chi connectivity index (χ2n) is 5.22. The fraction of sp³-hybridized carbons (Fsp3) is 0.0556. The van der Waals surface area contributed by atoms with Crippen molar-refractivity contribution < 1.29 is 18.4 Å². The van der Waals surface area contributed by atoms with Gasteiger partial charge >= 0.3 is 0 Å². The van der Waals surface area contributed by atoms with Crippen LogP contribution in [0.5, 0.6) is 0 Å². The molecule has 0 fully saturated rings. The van der Waals surface area contributed by atoms with Crippen LogP contribution in [0, 0.1) is 5.82 Å². The van der Waals surface area contributed by atoms with Crippen molar-refractivity contribution in [2.45, 2.75) is 6.92 Å². The van der Waals surface area contributed by atoms with E-state index in [1.165, 1.54) is 31.2 Å². The molecule has 0 bridgehead atoms. The Kier molecular flexibility index (Phi) is 4.56. The number of rotatable bonds is 4. The van der Waals surface area contributed by atoms with Crippen molar-refractivity contribution >= 4 is 40.4 Å². The number of amides is 2. The van der Waals surface area contributed by atoms with E-state index in [1.54, 1.807) is 12.1 Å². The first-order chi connectivity index (χ1) is 12.0. The fourth-order valence-corrected chi connectivity index (χ4v) is 2.18. The van der Waals surface area contributed by atoms with E-state index in [1.807, 2.05) is 12.1 Å². The standard InChI is InChI=1S/C18H14FN3O3/c1-11(23)20-12-6-7-13(19)15(10-12)21-17(24)8-9-18-22-14-4-2-3-5-16(14)25-18/h2-10H,1H3,(H,20,23)(H,21,24)/b9-8+. The summed E-state index contributed by atoms with van der Waals surface area (Å²) in [4.78, 5) is 27.2. The van der Waals surface area contributed by atoms with Crippen LogP contribution in [0.15, 0.2) is 53.0 Å². The maximum atomic E-state index is 13.8. The molecule has 0 aliphatic carbocycles. The lowest BCUT2D eigenvalue weighted by atomic mass is 10.2. The number of oxazole rings is 1. The molecule has 0 saturated heterocycles. The average Bonchev–Trinajstić information content (AvgIpc) is 2.98. The Balaban J connectivity index is 1.72. The van der Waals surface area contributed by atoms with Gasteiger partial charge in [0.05, 0.1) is 5.69 Å². The zero-order valence-corrected chi connectivity index (χ0v) is 13.2. The molecule has 3 aromatic rings. The maximum Gasteiger partial charge on any atom is 0.248 e. The molecule has 7 heteroatoms. The molecule has 2 aromatic carbocycles. The van der Waals surface area contributed by atoms with Crippen molar-refractivity contribution in [3.63, 3.8) is 0 Å². The molecule has 2 N–H and O–H groups in total. The van der Waals surface area contributed by atoms with Crippen LogP contribution in [0.2, 0.25) is 0 Å². The molecule has 25 heavy (non-hydrogen) atoms. The minimum absolute atomic E-state index is 0.0431. The van der Waals surface area contributed by atoms with Crippen molar-refractivity contribution in [1.29, 1.82) is 0 Å². The molecular weight excluding hydrogens is 325 g/mol. The Labute approximate surface area is 142 Å². The number of nitrogens with one attached hydrogen (secondary N) is 2. The highest BCUT2D eigenvalue weighted by molar-refractivity contribution is 6.02. The summed E-state index contributed by atoms with van der Waals surface area (Å²) >= 11 is 0. The van der Waals surface area contributed by atoms with Crippen LogP contribution in [0.25, 0.3) is 17.2 Å². The van der Waals surface area contributed by atoms with Crippen molar-refractivity contribution in [3.05, 3.63) is 60.2 Å². The molecule has 126 valence electrons. The molecule has 0 aliphatic heterocycles. The fourth-order valence-electron chi connectivity index (χ4n) is 2.18. The van der Waals surface area contributed by atoms with Gasteiger partial charge in [0, 0.05) is 24.8 Å². The molecule has 0 atom stereocenters. The molecule has 0 unspecified atom stereocenters. The van der Waals surface area contributed by atoms with Gasteiger partial charge in [0.2, 0.25) is 17.7 Å². The van der Waals surface area contributed by atoms with Crippen molar-refractivity contribution in [2.75, 3.05) is 10.6 Å². The van der Waals surface area contributed by atoms with Crippen LogP contribution in [-0.2, 0) is 9.59 Å². The number of hydrogen-bond donors (Lipinski definition) is 2. The number of carbonyl (C=O) groups excluding carboxylic acids is 2. The van der Waals surface area contributed by atoms with Crippen LogP contribution in [0.1, 0.15) is 12.8 Å². The zero-order chi connectivity index (χ0) is 17.8. The largest absolute Gasteiger partial charge is 0.437 e. The van der Waals surface area contributed by atoms with E-state index in [-0.39, 0.29) is 17.5 Å². The summed E-state index contributed by atoms with van der Waals surface area (Å²) in [5, 5.41) is 4.92. The van der Waals surface area contributed by atoms with E-state index in [2.05, 4.69) is 15.6 Å². The predicted octanol–water partition coefficient (Wildman–Crippen LogP) is 3.58. The SMILES string of the molecule is CC(=O)Nc1ccc(F)c(NC(=O)/C=C/c2nc3ccccc3o2)c1. The number of para-hydroxylation sites is 2. The lowest BCUT2D eigenvalue weighted by molar-refractivity contribution is -0.114. The molecule has 1 heterocycles. The molecule has 0 aliphatic rings. The van der Waals surface area contributed by atoms with E-state index >= 15 is 0 Å². The van der Waals surface area contributed by atoms with Gasteiger partial charge < -0.3 is 15.1 Å². The number of fused-ring (bicyclic) bond motifs is 1. The number of hydrogen-bond acceptors (Lipinski definition) is 4. The van der Waals surface area contributed by atoms with Crippen molar-refractivity contribution in [2.24, 2.45) is 0 Å². The minimum atomic E-state index is -0.613. The summed E-state index contributed by atoms with van der Waals surface area (Å²) in [6, 6.07) is 11.1. The Morgan fingerprint density at radius 3 is 2.72 bits per heavy atom. The number of carbonyl (C=O) groups is 2. The van der Waals surface area contributed by atoms with Crippen LogP contribution in [0.3, 0.4) is 0 Å². The molecular formula is C18H14FN3O3. The molecule has 1 aromatic heterocycles. The molecule has 0 radical (unpaired) electrons. The van der Waals surface area contributed by atoms with Gasteiger partial charge in [0.1, 0.15) is 11.3 Å². The highest BCUT2D eigenvalue weighted by Crippen LogP contribution is 2.20. The topological polar surface area (TPSA) is 84.2 Å². The molecule has 0 spiro atoms. The number of anilines is 2. The van der Waals surface area contributed by atoms with Crippen LogP contribution in [0.4, 0.5) is 15.8 Å². The van der Waals surface area contributed by atoms with E-state index < -0.39 is 11.7 Å². The van der Waals surface area contributed by atoms with Gasteiger partial charge in [-0.15, -0.1) is 0 Å². The molecule has 6 nitrogen and oxygen atoms in total. The van der Waals surface area contributed by atoms with Crippen molar-refractivity contribution in [1.82, 2.24) is 4.98 Å². The first kappa shape index (κ1) is 16.4. The second-order valence-corrected chi connectivity index (χ2v) is 5.22. The first-order valence-corrected chi connectivity index (χ1v) is 7.43. The van der Waals surface area contributed by atoms with Crippen LogP contribution >= 0.6 is 0 Å². The van der Waals surface area contributed by atoms with Gasteiger partial charge in [-0.3, -0.25) is 9.59 Å². The Morgan fingerprint density at radius 1 is 1.16 bits per heavy atom. The van der Waals surface area contributed by atoms with Gasteiger partial charge in [-0.25, -0.2) is 9.37 Å². The average molecular weight is 339 g/mol. The highest BCUT2D eigenvalue weighted by Gasteiger charge is 2.08. The highest BCUT2D eigenvalue weighted by atomic mass is 19.1. The Morgan fingerprint density at radius 2 is 1.96 bits per heavy atom. The Hall–Kier alpha value is -3.48. The number of nitrogens with zero attached hydrogens (tertiary/aromatic N) is 1. The van der Waals surface area contributed by atoms with E-state index in [4.69, 9.17) is 4.42 Å². The second kappa shape index (κ2) is 6.96. The number of halogens is 1. The third-order valence-electron chi connectivity index (χ3n) is 3.23. The summed E-state index contributed by atoms with van der Waals surface area (Å²) in [6.07, 6.45) is 2.58. The van der Waals surface area contributed by atoms with Gasteiger partial charge in [0.15, 0.2) is 5.58 Å². The summed E-state index contributed by atoms with van der Waals surface area (Å²) in [6.45, 7) is 1.34. The zero-order valence-electron chi connectivity index (χ0n) is 13.2. The Bertz CT molecular complexity index is 946. The third-order valence-corrected chi connectivity index (χ3v) is 3.23. The van der Waals surface area contributed by atoms with E-state index in [9.17, 15) is 14.0 Å². The lowest BCUT2D eigenvalue weighted by Crippen LogP contribution is -2.11. The van der Waals surface area contributed by atoms with Crippen molar-refractivity contribution in [3.8, 4) is 0 Å². The van der Waals surface area contributed by atoms with Gasteiger partial charge in [-0.2, -0.15) is 0 Å². The minimum Gasteiger partial charge on any atom is -0.437 e. The summed E-state index contributed by atoms with van der Waals surface area (Å²) in [5.41, 5.74) is 1.62.